The van der Waals surface area contributed by atoms with E-state index in [1.54, 1.807) is 7.11 Å². The maximum Gasteiger partial charge on any atom is 0.130 e. The van der Waals surface area contributed by atoms with Crippen LogP contribution >= 0.6 is 0 Å². The Labute approximate surface area is 136 Å². The quantitative estimate of drug-likeness (QED) is 0.647. The number of rotatable bonds is 3. The molecule has 0 aliphatic carbocycles. The molecule has 0 unspecified atom stereocenters. The van der Waals surface area contributed by atoms with Crippen LogP contribution in [0.15, 0.2) is 36.4 Å². The number of hydrogen-bond acceptors (Lipinski definition) is 2. The molecule has 2 nitrogen and oxygen atoms in total. The van der Waals surface area contributed by atoms with Crippen LogP contribution in [0.2, 0.25) is 0 Å². The molecule has 0 bridgehead atoms. The molecule has 0 aliphatic rings. The van der Waals surface area contributed by atoms with Crippen LogP contribution in [0.4, 0.5) is 0 Å². The normalized spacial score (nSPS) is 8.91. The predicted octanol–water partition coefficient (Wildman–Crippen LogP) is 6.47. The van der Waals surface area contributed by atoms with E-state index in [1.807, 2.05) is 77.9 Å². The zero-order valence-corrected chi connectivity index (χ0v) is 15.3. The van der Waals surface area contributed by atoms with E-state index in [-0.39, 0.29) is 0 Å². The van der Waals surface area contributed by atoms with Crippen molar-refractivity contribution in [2.24, 2.45) is 0 Å². The Balaban J connectivity index is 0.00000102. The van der Waals surface area contributed by atoms with Gasteiger partial charge in [-0.05, 0) is 56.2 Å². The van der Waals surface area contributed by atoms with E-state index in [2.05, 4.69) is 6.92 Å². The van der Waals surface area contributed by atoms with E-state index >= 15 is 0 Å². The third kappa shape index (κ3) is 5.80. The molecule has 2 heteroatoms. The summed E-state index contributed by atoms with van der Waals surface area (Å²) < 4.78 is 11.2. The summed E-state index contributed by atoms with van der Waals surface area (Å²) in [6.45, 7) is 14.1. The van der Waals surface area contributed by atoms with Crippen molar-refractivity contribution in [1.29, 1.82) is 0 Å². The summed E-state index contributed by atoms with van der Waals surface area (Å²) in [6.07, 6.45) is 0. The van der Waals surface area contributed by atoms with Crippen molar-refractivity contribution in [3.63, 3.8) is 0 Å². The van der Waals surface area contributed by atoms with Crippen molar-refractivity contribution >= 4 is 0 Å². The number of aryl methyl sites for hydroxylation is 3. The fraction of sp³-hybridized carbons (Fsp3) is 0.400. The van der Waals surface area contributed by atoms with Gasteiger partial charge in [-0.2, -0.15) is 0 Å². The van der Waals surface area contributed by atoms with Crippen molar-refractivity contribution < 1.29 is 9.47 Å². The summed E-state index contributed by atoms with van der Waals surface area (Å²) in [5.74, 6) is 2.62. The second-order valence-corrected chi connectivity index (χ2v) is 4.50. The molecule has 2 aromatic carbocycles. The monoisotopic (exact) mass is 302 g/mol. The summed E-state index contributed by atoms with van der Waals surface area (Å²) in [6, 6.07) is 12.1. The maximum absolute atomic E-state index is 5.89. The van der Waals surface area contributed by atoms with Gasteiger partial charge in [0.25, 0.3) is 0 Å². The molecule has 2 aromatic rings. The minimum atomic E-state index is 0.855. The van der Waals surface area contributed by atoms with Crippen LogP contribution in [0.5, 0.6) is 17.2 Å². The first-order valence-corrected chi connectivity index (χ1v) is 8.00. The van der Waals surface area contributed by atoms with Crippen LogP contribution in [0.3, 0.4) is 0 Å². The highest BCUT2D eigenvalue weighted by Crippen LogP contribution is 2.31. The second-order valence-electron chi connectivity index (χ2n) is 4.50. The number of ether oxygens (including phenoxy) is 2. The largest absolute Gasteiger partial charge is 0.496 e. The van der Waals surface area contributed by atoms with Gasteiger partial charge in [0.2, 0.25) is 0 Å². The van der Waals surface area contributed by atoms with E-state index < -0.39 is 0 Å². The molecule has 0 heterocycles. The highest BCUT2D eigenvalue weighted by Gasteiger charge is 2.06. The average Bonchev–Trinajstić information content (AvgIpc) is 2.56. The first-order chi connectivity index (χ1) is 10.6. The Bertz CT molecular complexity index is 542. The highest BCUT2D eigenvalue weighted by molar-refractivity contribution is 5.47. The third-order valence-corrected chi connectivity index (χ3v) is 2.94. The Morgan fingerprint density at radius 2 is 1.14 bits per heavy atom. The molecule has 0 aromatic heterocycles. The summed E-state index contributed by atoms with van der Waals surface area (Å²) >= 11 is 0. The first kappa shape index (κ1) is 20.0. The molecule has 0 saturated carbocycles. The number of benzene rings is 2. The van der Waals surface area contributed by atoms with Gasteiger partial charge in [-0.3, -0.25) is 0 Å². The van der Waals surface area contributed by atoms with Gasteiger partial charge in [0.1, 0.15) is 17.2 Å². The number of methoxy groups -OCH3 is 1. The van der Waals surface area contributed by atoms with Gasteiger partial charge in [-0.1, -0.05) is 45.4 Å². The second kappa shape index (κ2) is 10.7. The highest BCUT2D eigenvalue weighted by atomic mass is 16.5. The molecule has 0 fully saturated rings. The van der Waals surface area contributed by atoms with Crippen LogP contribution in [0.25, 0.3) is 0 Å². The molecular weight excluding hydrogens is 272 g/mol. The lowest BCUT2D eigenvalue weighted by molar-refractivity contribution is 0.409. The predicted molar refractivity (Wildman–Crippen MR) is 96.4 cm³/mol. The van der Waals surface area contributed by atoms with Crippen molar-refractivity contribution in [2.45, 2.75) is 48.5 Å². The van der Waals surface area contributed by atoms with E-state index in [1.165, 1.54) is 5.56 Å². The molecule has 0 aliphatic heterocycles. The van der Waals surface area contributed by atoms with Crippen LogP contribution in [0.1, 0.15) is 44.4 Å². The minimum Gasteiger partial charge on any atom is -0.496 e. The van der Waals surface area contributed by atoms with Gasteiger partial charge in [-0.25, -0.2) is 0 Å². The van der Waals surface area contributed by atoms with Gasteiger partial charge >= 0.3 is 0 Å². The van der Waals surface area contributed by atoms with Gasteiger partial charge in [0.15, 0.2) is 0 Å². The fourth-order valence-electron chi connectivity index (χ4n) is 1.83. The molecule has 0 atom stereocenters. The summed E-state index contributed by atoms with van der Waals surface area (Å²) in [7, 11) is 1.68. The lowest BCUT2D eigenvalue weighted by Gasteiger charge is -2.12. The standard InChI is InChI=1S/C16H18O2.2C2H6/c1-11-5-7-14(8-6-11)18-16-10-12(2)15(17-4)9-13(16)3;2*1-2/h5-10H,1-4H3;2*1-2H3. The molecule has 22 heavy (non-hydrogen) atoms. The summed E-state index contributed by atoms with van der Waals surface area (Å²) in [5, 5.41) is 0. The van der Waals surface area contributed by atoms with E-state index in [4.69, 9.17) is 9.47 Å². The van der Waals surface area contributed by atoms with Crippen molar-refractivity contribution in [3.05, 3.63) is 53.1 Å². The van der Waals surface area contributed by atoms with Crippen LogP contribution in [-0.4, -0.2) is 7.11 Å². The molecule has 0 N–H and O–H groups in total. The summed E-state index contributed by atoms with van der Waals surface area (Å²) in [4.78, 5) is 0. The van der Waals surface area contributed by atoms with Crippen LogP contribution in [0, 0.1) is 20.8 Å². The minimum absolute atomic E-state index is 0.855. The van der Waals surface area contributed by atoms with E-state index in [0.29, 0.717) is 0 Å². The van der Waals surface area contributed by atoms with E-state index in [9.17, 15) is 0 Å². The zero-order valence-electron chi connectivity index (χ0n) is 15.3. The molecular formula is C20H30O2. The Hall–Kier alpha value is -1.96. The van der Waals surface area contributed by atoms with Gasteiger partial charge in [0.05, 0.1) is 7.11 Å². The Morgan fingerprint density at radius 1 is 0.682 bits per heavy atom. The lowest BCUT2D eigenvalue weighted by Crippen LogP contribution is -1.92. The van der Waals surface area contributed by atoms with Gasteiger partial charge in [-0.15, -0.1) is 0 Å². The van der Waals surface area contributed by atoms with Crippen LogP contribution < -0.4 is 9.47 Å². The zero-order chi connectivity index (χ0) is 17.1. The smallest absolute Gasteiger partial charge is 0.130 e. The molecule has 0 amide bonds. The summed E-state index contributed by atoms with van der Waals surface area (Å²) in [5.41, 5.74) is 3.37. The average molecular weight is 302 g/mol. The van der Waals surface area contributed by atoms with Crippen molar-refractivity contribution in [1.82, 2.24) is 0 Å². The molecule has 0 radical (unpaired) electrons. The molecule has 0 saturated heterocycles. The van der Waals surface area contributed by atoms with Crippen molar-refractivity contribution in [2.75, 3.05) is 7.11 Å². The molecule has 0 spiro atoms. The SMILES string of the molecule is CC.CC.COc1cc(C)c(Oc2ccc(C)cc2)cc1C. The molecule has 2 rings (SSSR count). The van der Waals surface area contributed by atoms with E-state index in [0.717, 1.165) is 28.4 Å². The topological polar surface area (TPSA) is 18.5 Å². The van der Waals surface area contributed by atoms with Crippen molar-refractivity contribution in [3.8, 4) is 17.2 Å². The Morgan fingerprint density at radius 3 is 1.64 bits per heavy atom. The third-order valence-electron chi connectivity index (χ3n) is 2.94. The number of hydrogen-bond donors (Lipinski definition) is 0. The Kier molecular flexibility index (Phi) is 9.77. The lowest BCUT2D eigenvalue weighted by atomic mass is 10.1. The molecule has 122 valence electrons. The maximum atomic E-state index is 5.89. The first-order valence-electron chi connectivity index (χ1n) is 8.00. The van der Waals surface area contributed by atoms with Gasteiger partial charge < -0.3 is 9.47 Å². The van der Waals surface area contributed by atoms with Gasteiger partial charge in [0, 0.05) is 0 Å². The fourth-order valence-corrected chi connectivity index (χ4v) is 1.83. The van der Waals surface area contributed by atoms with Crippen LogP contribution in [-0.2, 0) is 0 Å².